The lowest BCUT2D eigenvalue weighted by molar-refractivity contribution is 0.275. The van der Waals surface area contributed by atoms with E-state index in [2.05, 4.69) is 33.1 Å². The van der Waals surface area contributed by atoms with E-state index in [1.807, 2.05) is 6.07 Å². The van der Waals surface area contributed by atoms with Gasteiger partial charge in [0.05, 0.1) is 6.61 Å². The van der Waals surface area contributed by atoms with Gasteiger partial charge >= 0.3 is 7.12 Å². The summed E-state index contributed by atoms with van der Waals surface area (Å²) in [5.74, 6) is 1.34. The van der Waals surface area contributed by atoms with Crippen LogP contribution >= 0.6 is 0 Å². The monoisotopic (exact) mass is 295 g/mol. The average molecular weight is 295 g/mol. The molecule has 6 heteroatoms. The van der Waals surface area contributed by atoms with Crippen molar-refractivity contribution in [2.24, 2.45) is 0 Å². The van der Waals surface area contributed by atoms with Crippen molar-refractivity contribution < 1.29 is 9.68 Å². The lowest BCUT2D eigenvalue weighted by Crippen LogP contribution is -2.34. The first-order valence-electron chi connectivity index (χ1n) is 7.75. The third-order valence-corrected chi connectivity index (χ3v) is 4.63. The van der Waals surface area contributed by atoms with Gasteiger partial charge in [-0.05, 0) is 41.4 Å². The van der Waals surface area contributed by atoms with Gasteiger partial charge in [-0.3, -0.25) is 0 Å². The number of fused-ring (bicyclic) bond motifs is 1. The van der Waals surface area contributed by atoms with Gasteiger partial charge in [-0.25, -0.2) is 9.97 Å². The highest BCUT2D eigenvalue weighted by molar-refractivity contribution is 6.61. The minimum Gasteiger partial charge on any atom is -0.423 e. The van der Waals surface area contributed by atoms with Gasteiger partial charge in [0.25, 0.3) is 0 Å². The van der Waals surface area contributed by atoms with E-state index >= 15 is 0 Å². The fraction of sp³-hybridized carbons (Fsp3) is 0.375. The minimum absolute atomic E-state index is 0.514. The third kappa shape index (κ3) is 2.49. The molecule has 2 aromatic rings. The molecule has 0 atom stereocenters. The van der Waals surface area contributed by atoms with Crippen molar-refractivity contribution in [1.29, 1.82) is 0 Å². The van der Waals surface area contributed by atoms with Crippen LogP contribution in [-0.2, 0) is 11.3 Å². The molecule has 5 nitrogen and oxygen atoms in total. The summed E-state index contributed by atoms with van der Waals surface area (Å²) < 4.78 is 5.27. The largest absolute Gasteiger partial charge is 0.491 e. The Hall–Kier alpha value is -1.92. The third-order valence-electron chi connectivity index (χ3n) is 4.63. The van der Waals surface area contributed by atoms with Crippen LogP contribution in [0.2, 0.25) is 0 Å². The second kappa shape index (κ2) is 5.70. The fourth-order valence-corrected chi connectivity index (χ4v) is 3.35. The molecule has 3 heterocycles. The van der Waals surface area contributed by atoms with Crippen LogP contribution in [0.5, 0.6) is 0 Å². The Morgan fingerprint density at radius 1 is 1.18 bits per heavy atom. The molecule has 0 unspecified atom stereocenters. The van der Waals surface area contributed by atoms with E-state index in [1.54, 1.807) is 12.4 Å². The molecule has 1 saturated heterocycles. The number of nitrogens with zero attached hydrogens (tertiary/aromatic N) is 3. The van der Waals surface area contributed by atoms with Crippen molar-refractivity contribution in [2.75, 3.05) is 18.0 Å². The molecule has 4 rings (SSSR count). The van der Waals surface area contributed by atoms with Gasteiger partial charge in [-0.1, -0.05) is 18.2 Å². The Kier molecular flexibility index (Phi) is 3.56. The summed E-state index contributed by atoms with van der Waals surface area (Å²) in [6.45, 7) is 2.44. The highest BCUT2D eigenvalue weighted by Crippen LogP contribution is 2.29. The smallest absolute Gasteiger partial charge is 0.423 e. The molecule has 22 heavy (non-hydrogen) atoms. The molecule has 1 N–H and O–H groups in total. The lowest BCUT2D eigenvalue weighted by atomic mass is 9.76. The molecule has 1 aromatic carbocycles. The molecule has 0 saturated carbocycles. The van der Waals surface area contributed by atoms with Crippen LogP contribution in [0.4, 0.5) is 5.95 Å². The number of hydrogen-bond acceptors (Lipinski definition) is 5. The Labute approximate surface area is 130 Å². The summed E-state index contributed by atoms with van der Waals surface area (Å²) in [7, 11) is -0.757. The average Bonchev–Trinajstić information content (AvgIpc) is 2.96. The normalized spacial score (nSPS) is 18.6. The SMILES string of the molecule is OB1OCc2ccc(C3CCN(c4ncccn4)CC3)cc21. The van der Waals surface area contributed by atoms with Gasteiger partial charge < -0.3 is 14.6 Å². The van der Waals surface area contributed by atoms with Crippen molar-refractivity contribution in [3.05, 3.63) is 47.8 Å². The summed E-state index contributed by atoms with van der Waals surface area (Å²) in [6.07, 6.45) is 5.73. The van der Waals surface area contributed by atoms with E-state index in [4.69, 9.17) is 4.65 Å². The number of benzene rings is 1. The molecule has 2 aliphatic rings. The molecule has 0 radical (unpaired) electrons. The van der Waals surface area contributed by atoms with Crippen molar-refractivity contribution in [3.63, 3.8) is 0 Å². The molecular formula is C16H18BN3O2. The molecule has 0 bridgehead atoms. The quantitative estimate of drug-likeness (QED) is 0.840. The van der Waals surface area contributed by atoms with Crippen LogP contribution in [0.1, 0.15) is 29.9 Å². The van der Waals surface area contributed by atoms with Crippen LogP contribution in [0.25, 0.3) is 0 Å². The Morgan fingerprint density at radius 3 is 2.73 bits per heavy atom. The van der Waals surface area contributed by atoms with Crippen LogP contribution in [0.15, 0.2) is 36.7 Å². The Morgan fingerprint density at radius 2 is 1.95 bits per heavy atom. The van der Waals surface area contributed by atoms with E-state index < -0.39 is 7.12 Å². The maximum atomic E-state index is 9.85. The summed E-state index contributed by atoms with van der Waals surface area (Å²) >= 11 is 0. The number of hydrogen-bond donors (Lipinski definition) is 1. The highest BCUT2D eigenvalue weighted by atomic mass is 16.5. The maximum Gasteiger partial charge on any atom is 0.491 e. The summed E-state index contributed by atoms with van der Waals surface area (Å²) in [5.41, 5.74) is 3.34. The first kappa shape index (κ1) is 13.7. The zero-order valence-electron chi connectivity index (χ0n) is 12.4. The van der Waals surface area contributed by atoms with E-state index in [0.29, 0.717) is 12.5 Å². The fourth-order valence-electron chi connectivity index (χ4n) is 3.35. The van der Waals surface area contributed by atoms with Gasteiger partial charge in [-0.15, -0.1) is 0 Å². The number of anilines is 1. The molecule has 112 valence electrons. The van der Waals surface area contributed by atoms with Crippen LogP contribution in [-0.4, -0.2) is 35.2 Å². The van der Waals surface area contributed by atoms with Crippen LogP contribution in [0, 0.1) is 0 Å². The number of rotatable bonds is 2. The topological polar surface area (TPSA) is 58.5 Å². The predicted molar refractivity (Wildman–Crippen MR) is 85.1 cm³/mol. The van der Waals surface area contributed by atoms with Crippen LogP contribution in [0.3, 0.4) is 0 Å². The number of aromatic nitrogens is 2. The van der Waals surface area contributed by atoms with Crippen molar-refractivity contribution >= 4 is 18.5 Å². The van der Waals surface area contributed by atoms with Crippen LogP contribution < -0.4 is 10.4 Å². The lowest BCUT2D eigenvalue weighted by Gasteiger charge is -2.32. The van der Waals surface area contributed by atoms with Crippen molar-refractivity contribution in [3.8, 4) is 0 Å². The molecule has 2 aliphatic heterocycles. The van der Waals surface area contributed by atoms with E-state index in [1.165, 1.54) is 5.56 Å². The Bertz CT molecular complexity index is 660. The zero-order chi connectivity index (χ0) is 14.9. The first-order chi connectivity index (χ1) is 10.8. The maximum absolute atomic E-state index is 9.85. The van der Waals surface area contributed by atoms with Gasteiger partial charge in [-0.2, -0.15) is 0 Å². The molecule has 0 aliphatic carbocycles. The number of piperidine rings is 1. The molecule has 0 spiro atoms. The summed E-state index contributed by atoms with van der Waals surface area (Å²) in [6, 6.07) is 8.23. The predicted octanol–water partition coefficient (Wildman–Crippen LogP) is 1.08. The minimum atomic E-state index is -0.757. The van der Waals surface area contributed by atoms with E-state index in [0.717, 1.165) is 42.9 Å². The van der Waals surface area contributed by atoms with E-state index in [-0.39, 0.29) is 0 Å². The second-order valence-corrected chi connectivity index (χ2v) is 5.93. The Balaban J connectivity index is 1.47. The highest BCUT2D eigenvalue weighted by Gasteiger charge is 2.29. The van der Waals surface area contributed by atoms with Crippen molar-refractivity contribution in [2.45, 2.75) is 25.4 Å². The molecular weight excluding hydrogens is 277 g/mol. The molecule has 1 aromatic heterocycles. The van der Waals surface area contributed by atoms with E-state index in [9.17, 15) is 5.02 Å². The summed E-state index contributed by atoms with van der Waals surface area (Å²) in [5, 5.41) is 9.85. The summed E-state index contributed by atoms with van der Waals surface area (Å²) in [4.78, 5) is 10.9. The van der Waals surface area contributed by atoms with Crippen molar-refractivity contribution in [1.82, 2.24) is 9.97 Å². The standard InChI is InChI=1S/C16H18BN3O2/c21-17-15-10-13(2-3-14(15)11-22-17)12-4-8-20(9-5-12)16-18-6-1-7-19-16/h1-3,6-7,10,12,21H,4-5,8-9,11H2. The van der Waals surface area contributed by atoms with Gasteiger partial charge in [0.2, 0.25) is 5.95 Å². The molecule has 0 amide bonds. The van der Waals surface area contributed by atoms with Gasteiger partial charge in [0.15, 0.2) is 0 Å². The zero-order valence-corrected chi connectivity index (χ0v) is 12.4. The van der Waals surface area contributed by atoms with Gasteiger partial charge in [0, 0.05) is 25.5 Å². The van der Waals surface area contributed by atoms with Gasteiger partial charge in [0.1, 0.15) is 0 Å². The second-order valence-electron chi connectivity index (χ2n) is 5.93. The molecule has 1 fully saturated rings. The first-order valence-corrected chi connectivity index (χ1v) is 7.75.